The lowest BCUT2D eigenvalue weighted by Gasteiger charge is -2.33. The number of hydrogen-bond donors (Lipinski definition) is 1. The molecule has 4 rings (SSSR count). The molecule has 4 heterocycles. The fourth-order valence-electron chi connectivity index (χ4n) is 4.54. The molecule has 226 valence electrons. The molecule has 1 N–H and O–H groups in total. The summed E-state index contributed by atoms with van der Waals surface area (Å²) in [5, 5.41) is 7.41. The van der Waals surface area contributed by atoms with Crippen molar-refractivity contribution in [1.82, 2.24) is 34.6 Å². The Labute approximate surface area is 231 Å². The van der Waals surface area contributed by atoms with Crippen molar-refractivity contribution < 1.29 is 35.8 Å². The number of hydrogen-bond acceptors (Lipinski definition) is 10. The maximum Gasteiger partial charge on any atom is 0.411 e. The Morgan fingerprint density at radius 2 is 1.73 bits per heavy atom. The second-order valence-electron chi connectivity index (χ2n) is 9.93. The van der Waals surface area contributed by atoms with Gasteiger partial charge in [0, 0.05) is 25.8 Å². The lowest BCUT2D eigenvalue weighted by atomic mass is 9.97. The molecule has 0 aliphatic carbocycles. The van der Waals surface area contributed by atoms with Crippen LogP contribution in [0.4, 0.5) is 43.9 Å². The van der Waals surface area contributed by atoms with Crippen molar-refractivity contribution in [2.45, 2.75) is 38.3 Å². The minimum absolute atomic E-state index is 0.0805. The van der Waals surface area contributed by atoms with E-state index in [1.165, 1.54) is 17.2 Å². The molecule has 0 aromatic carbocycles. The highest BCUT2D eigenvalue weighted by Gasteiger charge is 2.30. The van der Waals surface area contributed by atoms with Gasteiger partial charge < -0.3 is 24.6 Å². The van der Waals surface area contributed by atoms with Gasteiger partial charge in [-0.25, -0.2) is 15.0 Å². The van der Waals surface area contributed by atoms with Crippen LogP contribution in [-0.2, 0) is 22.6 Å². The summed E-state index contributed by atoms with van der Waals surface area (Å²) < 4.78 is 87.0. The molecule has 0 saturated carbocycles. The highest BCUT2D eigenvalue weighted by atomic mass is 19.4. The van der Waals surface area contributed by atoms with Gasteiger partial charge >= 0.3 is 12.4 Å². The standard InChI is InChI=1S/C24H31F6N9O2/c1-37(2)11-16-4-7-38(8-5-16)22-34-19-17(12-41-14-24(28,29)30)36-39(9-10-40-13-23(25,26)27)20(19)21(35-22)33-18-3-6-31-15-32-18/h3,6,15-16H,4-5,7-14H2,1-2H3,(H,31,32,33,34,35). The van der Waals surface area contributed by atoms with Crippen molar-refractivity contribution in [1.29, 1.82) is 0 Å². The van der Waals surface area contributed by atoms with Gasteiger partial charge in [0.1, 0.15) is 42.1 Å². The first-order chi connectivity index (χ1) is 19.4. The molecule has 17 heteroatoms. The Hall–Kier alpha value is -3.31. The largest absolute Gasteiger partial charge is 0.411 e. The lowest BCUT2D eigenvalue weighted by Crippen LogP contribution is -2.38. The summed E-state index contributed by atoms with van der Waals surface area (Å²) in [5.74, 6) is 1.42. The van der Waals surface area contributed by atoms with Crippen LogP contribution in [0.5, 0.6) is 0 Å². The van der Waals surface area contributed by atoms with E-state index in [2.05, 4.69) is 30.3 Å². The molecule has 1 aliphatic heterocycles. The van der Waals surface area contributed by atoms with Crippen LogP contribution >= 0.6 is 0 Å². The second kappa shape index (κ2) is 13.1. The zero-order valence-electron chi connectivity index (χ0n) is 22.5. The minimum Gasteiger partial charge on any atom is -0.370 e. The van der Waals surface area contributed by atoms with E-state index in [1.54, 1.807) is 6.07 Å². The molecule has 3 aromatic rings. The van der Waals surface area contributed by atoms with Crippen LogP contribution in [0.3, 0.4) is 0 Å². The summed E-state index contributed by atoms with van der Waals surface area (Å²) in [6.07, 6.45) is -4.46. The highest BCUT2D eigenvalue weighted by molar-refractivity contribution is 5.90. The summed E-state index contributed by atoms with van der Waals surface area (Å²) in [6.45, 7) is -1.73. The number of aromatic nitrogens is 6. The van der Waals surface area contributed by atoms with E-state index in [9.17, 15) is 26.3 Å². The minimum atomic E-state index is -4.55. The molecule has 0 unspecified atom stereocenters. The van der Waals surface area contributed by atoms with Crippen molar-refractivity contribution in [2.75, 3.05) is 63.8 Å². The maximum atomic E-state index is 12.8. The molecule has 3 aromatic heterocycles. The van der Waals surface area contributed by atoms with E-state index in [1.807, 2.05) is 19.0 Å². The zero-order chi connectivity index (χ0) is 29.6. The number of alkyl halides is 6. The van der Waals surface area contributed by atoms with Crippen LogP contribution in [0.2, 0.25) is 0 Å². The molecule has 11 nitrogen and oxygen atoms in total. The van der Waals surface area contributed by atoms with Crippen molar-refractivity contribution in [2.24, 2.45) is 5.92 Å². The van der Waals surface area contributed by atoms with Gasteiger partial charge in [0.15, 0.2) is 5.82 Å². The Bertz CT molecular complexity index is 1260. The normalized spacial score (nSPS) is 15.3. The molecule has 1 fully saturated rings. The molecule has 0 amide bonds. The van der Waals surface area contributed by atoms with Gasteiger partial charge in [-0.15, -0.1) is 0 Å². The summed E-state index contributed by atoms with van der Waals surface area (Å²) in [4.78, 5) is 21.5. The molecule has 41 heavy (non-hydrogen) atoms. The summed E-state index contributed by atoms with van der Waals surface area (Å²) >= 11 is 0. The predicted octanol–water partition coefficient (Wildman–Crippen LogP) is 3.80. The SMILES string of the molecule is CN(C)CC1CCN(c2nc(Nc3ccncn3)c3c(n2)c(COCC(F)(F)F)nn3CCOCC(F)(F)F)CC1. The van der Waals surface area contributed by atoms with Crippen LogP contribution in [0.25, 0.3) is 11.0 Å². The Morgan fingerprint density at radius 3 is 2.37 bits per heavy atom. The van der Waals surface area contributed by atoms with Gasteiger partial charge in [0.05, 0.1) is 19.8 Å². The molecule has 0 bridgehead atoms. The molecular weight excluding hydrogens is 560 g/mol. The topological polar surface area (TPSA) is 106 Å². The van der Waals surface area contributed by atoms with Crippen molar-refractivity contribution in [3.63, 3.8) is 0 Å². The number of anilines is 3. The van der Waals surface area contributed by atoms with E-state index in [0.29, 0.717) is 30.8 Å². The number of fused-ring (bicyclic) bond motifs is 1. The lowest BCUT2D eigenvalue weighted by molar-refractivity contribution is -0.177. The van der Waals surface area contributed by atoms with E-state index in [-0.39, 0.29) is 35.7 Å². The Kier molecular flexibility index (Phi) is 9.80. The third kappa shape index (κ3) is 9.09. The summed E-state index contributed by atoms with van der Waals surface area (Å²) in [5.41, 5.74) is 0.549. The van der Waals surface area contributed by atoms with Crippen LogP contribution in [-0.4, -0.2) is 101 Å². The van der Waals surface area contributed by atoms with Gasteiger partial charge in [0.25, 0.3) is 0 Å². The molecule has 0 spiro atoms. The van der Waals surface area contributed by atoms with Gasteiger partial charge in [-0.2, -0.15) is 36.4 Å². The van der Waals surface area contributed by atoms with E-state index < -0.39 is 32.2 Å². The third-order valence-corrected chi connectivity index (χ3v) is 6.21. The maximum absolute atomic E-state index is 12.8. The summed E-state index contributed by atoms with van der Waals surface area (Å²) in [6, 6.07) is 1.58. The number of nitrogens with one attached hydrogen (secondary N) is 1. The quantitative estimate of drug-likeness (QED) is 0.247. The molecule has 0 atom stereocenters. The van der Waals surface area contributed by atoms with Crippen LogP contribution in [0.1, 0.15) is 18.5 Å². The first kappa shape index (κ1) is 30.6. The number of nitrogens with zero attached hydrogens (tertiary/aromatic N) is 8. The molecule has 1 saturated heterocycles. The third-order valence-electron chi connectivity index (χ3n) is 6.21. The number of piperidine rings is 1. The number of ether oxygens (including phenoxy) is 2. The fourth-order valence-corrected chi connectivity index (χ4v) is 4.54. The molecule has 0 radical (unpaired) electrons. The smallest absolute Gasteiger partial charge is 0.370 e. The van der Waals surface area contributed by atoms with Crippen LogP contribution < -0.4 is 10.2 Å². The monoisotopic (exact) mass is 591 g/mol. The zero-order valence-corrected chi connectivity index (χ0v) is 22.5. The average molecular weight is 592 g/mol. The molecular formula is C24H31F6N9O2. The van der Waals surface area contributed by atoms with Crippen molar-refractivity contribution >= 4 is 28.6 Å². The number of halogens is 6. The van der Waals surface area contributed by atoms with Gasteiger partial charge in [-0.05, 0) is 38.9 Å². The molecule has 1 aliphatic rings. The van der Waals surface area contributed by atoms with E-state index in [0.717, 1.165) is 19.4 Å². The Balaban J connectivity index is 1.70. The van der Waals surface area contributed by atoms with Crippen molar-refractivity contribution in [3.8, 4) is 0 Å². The first-order valence-corrected chi connectivity index (χ1v) is 12.9. The van der Waals surface area contributed by atoms with Gasteiger partial charge in [0.2, 0.25) is 5.95 Å². The fraction of sp³-hybridized carbons (Fsp3) is 0.625. The van der Waals surface area contributed by atoms with Crippen LogP contribution in [0, 0.1) is 5.92 Å². The predicted molar refractivity (Wildman–Crippen MR) is 137 cm³/mol. The Morgan fingerprint density at radius 1 is 1.02 bits per heavy atom. The first-order valence-electron chi connectivity index (χ1n) is 12.9. The second-order valence-corrected chi connectivity index (χ2v) is 9.93. The summed E-state index contributed by atoms with van der Waals surface area (Å²) in [7, 11) is 4.03. The van der Waals surface area contributed by atoms with E-state index >= 15 is 0 Å². The average Bonchev–Trinajstić information content (AvgIpc) is 3.23. The highest BCUT2D eigenvalue weighted by Crippen LogP contribution is 2.31. The van der Waals surface area contributed by atoms with Crippen LogP contribution in [0.15, 0.2) is 18.6 Å². The van der Waals surface area contributed by atoms with Gasteiger partial charge in [-0.1, -0.05) is 0 Å². The van der Waals surface area contributed by atoms with Crippen molar-refractivity contribution in [3.05, 3.63) is 24.3 Å². The number of rotatable bonds is 12. The van der Waals surface area contributed by atoms with Gasteiger partial charge in [-0.3, -0.25) is 4.68 Å². The van der Waals surface area contributed by atoms with E-state index in [4.69, 9.17) is 14.5 Å².